The van der Waals surface area contributed by atoms with Crippen molar-refractivity contribution in [3.05, 3.63) is 53.6 Å². The Kier molecular flexibility index (Phi) is 3.31. The summed E-state index contributed by atoms with van der Waals surface area (Å²) in [6, 6.07) is 13.8. The lowest BCUT2D eigenvalue weighted by atomic mass is 9.48. The number of hydrogen-bond acceptors (Lipinski definition) is 2. The first-order valence-corrected chi connectivity index (χ1v) is 9.54. The molecule has 1 N–H and O–H groups in total. The Morgan fingerprint density at radius 2 is 1.52 bits per heavy atom. The minimum Gasteiger partial charge on any atom is -0.508 e. The van der Waals surface area contributed by atoms with Crippen LogP contribution < -0.4 is 0 Å². The first-order valence-electron chi connectivity index (χ1n) is 9.54. The molecule has 0 heterocycles. The summed E-state index contributed by atoms with van der Waals surface area (Å²) in [6.45, 7) is 0. The molecular formula is C23H24O2. The fourth-order valence-electron chi connectivity index (χ4n) is 6.37. The van der Waals surface area contributed by atoms with E-state index in [2.05, 4.69) is 6.07 Å². The zero-order valence-corrected chi connectivity index (χ0v) is 14.4. The van der Waals surface area contributed by atoms with Crippen molar-refractivity contribution in [3.8, 4) is 16.9 Å². The largest absolute Gasteiger partial charge is 0.508 e. The van der Waals surface area contributed by atoms with Gasteiger partial charge in [-0.25, -0.2) is 0 Å². The highest BCUT2D eigenvalue weighted by atomic mass is 16.3. The summed E-state index contributed by atoms with van der Waals surface area (Å²) in [4.78, 5) is 11.1. The van der Waals surface area contributed by atoms with Crippen molar-refractivity contribution in [2.24, 2.45) is 17.8 Å². The zero-order valence-electron chi connectivity index (χ0n) is 14.4. The predicted molar refractivity (Wildman–Crippen MR) is 98.8 cm³/mol. The number of phenols is 1. The van der Waals surface area contributed by atoms with Crippen molar-refractivity contribution in [3.63, 3.8) is 0 Å². The fourth-order valence-corrected chi connectivity index (χ4v) is 6.37. The highest BCUT2D eigenvalue weighted by Gasteiger charge is 2.52. The van der Waals surface area contributed by atoms with Gasteiger partial charge in [0.15, 0.2) is 0 Å². The van der Waals surface area contributed by atoms with E-state index < -0.39 is 0 Å². The number of carbonyl (C=O) groups is 1. The quantitative estimate of drug-likeness (QED) is 0.770. The van der Waals surface area contributed by atoms with Crippen molar-refractivity contribution in [1.82, 2.24) is 0 Å². The van der Waals surface area contributed by atoms with E-state index >= 15 is 0 Å². The second kappa shape index (κ2) is 5.45. The van der Waals surface area contributed by atoms with E-state index in [1.54, 1.807) is 0 Å². The van der Waals surface area contributed by atoms with Crippen LogP contribution in [0.2, 0.25) is 0 Å². The zero-order chi connectivity index (χ0) is 17.0. The van der Waals surface area contributed by atoms with Gasteiger partial charge in [0.1, 0.15) is 12.0 Å². The van der Waals surface area contributed by atoms with Gasteiger partial charge < -0.3 is 5.11 Å². The summed E-state index contributed by atoms with van der Waals surface area (Å²) >= 11 is 0. The number of carbonyl (C=O) groups excluding carboxylic acids is 1. The molecule has 0 amide bonds. The number of phenolic OH excluding ortho intramolecular Hbond substituents is 1. The maximum Gasteiger partial charge on any atom is 0.150 e. The van der Waals surface area contributed by atoms with E-state index in [0.29, 0.717) is 11.3 Å². The Bertz CT molecular complexity index is 800. The predicted octanol–water partition coefficient (Wildman–Crippen LogP) is 5.34. The Balaban J connectivity index is 1.59. The van der Waals surface area contributed by atoms with Crippen LogP contribution in [0.1, 0.15) is 54.4 Å². The minimum atomic E-state index is 0.178. The molecule has 6 rings (SSSR count). The third kappa shape index (κ3) is 2.42. The molecule has 2 heteroatoms. The van der Waals surface area contributed by atoms with Gasteiger partial charge in [-0.05, 0) is 91.0 Å². The number of benzene rings is 2. The van der Waals surface area contributed by atoms with Gasteiger partial charge in [-0.3, -0.25) is 4.79 Å². The molecule has 0 aliphatic heterocycles. The third-order valence-corrected chi connectivity index (χ3v) is 6.96. The first kappa shape index (κ1) is 15.2. The molecule has 0 aromatic heterocycles. The molecule has 25 heavy (non-hydrogen) atoms. The highest BCUT2D eigenvalue weighted by molar-refractivity contribution is 5.79. The lowest BCUT2D eigenvalue weighted by Crippen LogP contribution is -2.48. The normalized spacial score (nSPS) is 32.7. The van der Waals surface area contributed by atoms with Gasteiger partial charge in [-0.15, -0.1) is 0 Å². The van der Waals surface area contributed by atoms with E-state index in [1.807, 2.05) is 36.4 Å². The minimum absolute atomic E-state index is 0.178. The highest BCUT2D eigenvalue weighted by Crippen LogP contribution is 2.62. The van der Waals surface area contributed by atoms with Crippen LogP contribution in [0.5, 0.6) is 5.75 Å². The molecule has 4 aliphatic carbocycles. The van der Waals surface area contributed by atoms with Crippen molar-refractivity contribution in [1.29, 1.82) is 0 Å². The molecule has 0 saturated heterocycles. The summed E-state index contributed by atoms with van der Waals surface area (Å²) < 4.78 is 0. The number of aldehydes is 1. The molecule has 2 aromatic rings. The maximum absolute atomic E-state index is 11.1. The van der Waals surface area contributed by atoms with E-state index in [9.17, 15) is 9.90 Å². The number of rotatable bonds is 3. The van der Waals surface area contributed by atoms with Crippen LogP contribution in [-0.4, -0.2) is 11.4 Å². The van der Waals surface area contributed by atoms with Gasteiger partial charge in [-0.2, -0.15) is 0 Å². The van der Waals surface area contributed by atoms with Crippen molar-refractivity contribution in [2.75, 3.05) is 0 Å². The van der Waals surface area contributed by atoms with E-state index in [-0.39, 0.29) is 5.41 Å². The van der Waals surface area contributed by atoms with E-state index in [0.717, 1.165) is 40.7 Å². The van der Waals surface area contributed by atoms with Gasteiger partial charge in [0.2, 0.25) is 0 Å². The SMILES string of the molecule is O=Cc1cccc(-c2ccc(O)c(C34CC5CC(CC(C5)C3)C4)c2)c1. The molecule has 2 aromatic carbocycles. The Hall–Kier alpha value is -2.09. The van der Waals surface area contributed by atoms with Crippen LogP contribution in [0.3, 0.4) is 0 Å². The molecule has 2 nitrogen and oxygen atoms in total. The summed E-state index contributed by atoms with van der Waals surface area (Å²) in [5, 5.41) is 10.7. The molecule has 128 valence electrons. The number of hydrogen-bond donors (Lipinski definition) is 1. The smallest absolute Gasteiger partial charge is 0.150 e. The van der Waals surface area contributed by atoms with Crippen LogP contribution in [0, 0.1) is 17.8 Å². The standard InChI is InChI=1S/C23H24O2/c24-14-15-2-1-3-19(9-15)20-4-5-22(25)21(10-20)23-11-16-6-17(12-23)8-18(7-16)13-23/h1-5,9-10,14,16-18,25H,6-8,11-13H2. The second-order valence-electron chi connectivity index (χ2n) is 8.67. The third-order valence-electron chi connectivity index (χ3n) is 6.96. The molecule has 0 unspecified atom stereocenters. The molecule has 0 spiro atoms. The summed E-state index contributed by atoms with van der Waals surface area (Å²) in [5.41, 5.74) is 4.18. The average molecular weight is 332 g/mol. The lowest BCUT2D eigenvalue weighted by Gasteiger charge is -2.57. The van der Waals surface area contributed by atoms with Crippen LogP contribution in [-0.2, 0) is 5.41 Å². The van der Waals surface area contributed by atoms with Crippen LogP contribution in [0.15, 0.2) is 42.5 Å². The monoisotopic (exact) mass is 332 g/mol. The topological polar surface area (TPSA) is 37.3 Å². The van der Waals surface area contributed by atoms with Gasteiger partial charge >= 0.3 is 0 Å². The lowest BCUT2D eigenvalue weighted by molar-refractivity contribution is -0.00611. The van der Waals surface area contributed by atoms with Crippen LogP contribution in [0.25, 0.3) is 11.1 Å². The van der Waals surface area contributed by atoms with Crippen molar-refractivity contribution in [2.45, 2.75) is 43.9 Å². The fraction of sp³-hybridized carbons (Fsp3) is 0.435. The molecule has 4 fully saturated rings. The van der Waals surface area contributed by atoms with Gasteiger partial charge in [0.25, 0.3) is 0 Å². The summed E-state index contributed by atoms with van der Waals surface area (Å²) in [7, 11) is 0. The van der Waals surface area contributed by atoms with Gasteiger partial charge in [-0.1, -0.05) is 24.3 Å². The number of aromatic hydroxyl groups is 1. The van der Waals surface area contributed by atoms with Crippen molar-refractivity contribution >= 4 is 6.29 Å². The molecular weight excluding hydrogens is 308 g/mol. The van der Waals surface area contributed by atoms with Crippen LogP contribution in [0.4, 0.5) is 0 Å². The van der Waals surface area contributed by atoms with E-state index in [1.165, 1.54) is 38.5 Å². The van der Waals surface area contributed by atoms with Crippen LogP contribution >= 0.6 is 0 Å². The van der Waals surface area contributed by atoms with Gasteiger partial charge in [0.05, 0.1) is 0 Å². The maximum atomic E-state index is 11.1. The molecule has 0 atom stereocenters. The first-order chi connectivity index (χ1) is 12.1. The molecule has 4 bridgehead atoms. The molecule has 4 aliphatic rings. The Morgan fingerprint density at radius 1 is 0.880 bits per heavy atom. The summed E-state index contributed by atoms with van der Waals surface area (Å²) in [6.07, 6.45) is 8.83. The Labute approximate surface area is 148 Å². The Morgan fingerprint density at radius 3 is 2.16 bits per heavy atom. The van der Waals surface area contributed by atoms with Crippen molar-refractivity contribution < 1.29 is 9.90 Å². The van der Waals surface area contributed by atoms with E-state index in [4.69, 9.17) is 0 Å². The second-order valence-corrected chi connectivity index (χ2v) is 8.67. The molecule has 0 radical (unpaired) electrons. The summed E-state index contributed by atoms with van der Waals surface area (Å²) in [5.74, 6) is 3.02. The van der Waals surface area contributed by atoms with Gasteiger partial charge in [0, 0.05) is 11.1 Å². The average Bonchev–Trinajstić information content (AvgIpc) is 2.61. The molecule has 4 saturated carbocycles.